The second kappa shape index (κ2) is 10.6. The first kappa shape index (κ1) is 22.8. The van der Waals surface area contributed by atoms with Crippen LogP contribution in [0.5, 0.6) is 5.75 Å². The first-order valence-corrected chi connectivity index (χ1v) is 12.1. The molecule has 1 aliphatic heterocycles. The van der Waals surface area contributed by atoms with Crippen LogP contribution in [-0.4, -0.2) is 41.0 Å². The Labute approximate surface area is 206 Å². The second-order valence-corrected chi connectivity index (χ2v) is 9.08. The number of methoxy groups -OCH3 is 1. The van der Waals surface area contributed by atoms with Crippen LogP contribution in [0.25, 0.3) is 10.9 Å². The lowest BCUT2D eigenvalue weighted by molar-refractivity contribution is 0.0673. The summed E-state index contributed by atoms with van der Waals surface area (Å²) in [6.07, 6.45) is 8.51. The van der Waals surface area contributed by atoms with Crippen LogP contribution in [-0.2, 0) is 13.0 Å². The summed E-state index contributed by atoms with van der Waals surface area (Å²) in [5.74, 6) is 1.22. The number of rotatable bonds is 7. The van der Waals surface area contributed by atoms with E-state index in [1.807, 2.05) is 53.7 Å². The molecule has 6 nitrogen and oxygen atoms in total. The van der Waals surface area contributed by atoms with Crippen molar-refractivity contribution in [1.29, 1.82) is 0 Å². The fourth-order valence-electron chi connectivity index (χ4n) is 4.93. The molecule has 3 heterocycles. The third-order valence-electron chi connectivity index (χ3n) is 6.70. The molecule has 1 saturated heterocycles. The van der Waals surface area contributed by atoms with Crippen molar-refractivity contribution in [2.24, 2.45) is 5.92 Å². The zero-order chi connectivity index (χ0) is 24.0. The lowest BCUT2D eigenvalue weighted by Crippen LogP contribution is -2.40. The van der Waals surface area contributed by atoms with E-state index >= 15 is 0 Å². The zero-order valence-corrected chi connectivity index (χ0v) is 20.0. The first-order valence-electron chi connectivity index (χ1n) is 12.1. The number of amides is 1. The van der Waals surface area contributed by atoms with Crippen molar-refractivity contribution >= 4 is 22.5 Å². The summed E-state index contributed by atoms with van der Waals surface area (Å²) in [6, 6.07) is 20.0. The first-order chi connectivity index (χ1) is 17.2. The van der Waals surface area contributed by atoms with Crippen molar-refractivity contribution < 1.29 is 9.53 Å². The Morgan fingerprint density at radius 2 is 2.03 bits per heavy atom. The fourth-order valence-corrected chi connectivity index (χ4v) is 4.93. The molecule has 0 bridgehead atoms. The Balaban J connectivity index is 1.29. The van der Waals surface area contributed by atoms with E-state index in [1.54, 1.807) is 13.3 Å². The minimum atomic E-state index is 0.0707. The monoisotopic (exact) mass is 466 g/mol. The highest BCUT2D eigenvalue weighted by atomic mass is 16.5. The lowest BCUT2D eigenvalue weighted by Gasteiger charge is -2.33. The van der Waals surface area contributed by atoms with Crippen LogP contribution in [0.15, 0.2) is 79.3 Å². The molecule has 1 fully saturated rings. The molecule has 35 heavy (non-hydrogen) atoms. The number of nitrogens with zero attached hydrogens (tertiary/aromatic N) is 3. The largest absolute Gasteiger partial charge is 0.495 e. The maximum absolute atomic E-state index is 13.5. The molecule has 6 heteroatoms. The summed E-state index contributed by atoms with van der Waals surface area (Å²) in [6.45, 7) is 2.16. The number of anilines is 1. The Kier molecular flexibility index (Phi) is 6.89. The number of pyridine rings is 2. The summed E-state index contributed by atoms with van der Waals surface area (Å²) in [7, 11) is 1.64. The number of carbonyl (C=O) groups is 1. The van der Waals surface area contributed by atoms with E-state index in [0.717, 1.165) is 49.1 Å². The van der Waals surface area contributed by atoms with Gasteiger partial charge in [0.25, 0.3) is 5.91 Å². The normalized spacial score (nSPS) is 15.7. The highest BCUT2D eigenvalue weighted by molar-refractivity contribution is 5.95. The molecule has 0 spiro atoms. The van der Waals surface area contributed by atoms with Crippen LogP contribution in [0.3, 0.4) is 0 Å². The predicted molar refractivity (Wildman–Crippen MR) is 139 cm³/mol. The van der Waals surface area contributed by atoms with Gasteiger partial charge in [0, 0.05) is 49.2 Å². The molecule has 1 N–H and O–H groups in total. The van der Waals surface area contributed by atoms with Gasteiger partial charge in [-0.05, 0) is 72.7 Å². The molecule has 1 amide bonds. The van der Waals surface area contributed by atoms with Gasteiger partial charge in [-0.2, -0.15) is 0 Å². The minimum absolute atomic E-state index is 0.0707. The van der Waals surface area contributed by atoms with Crippen molar-refractivity contribution in [2.75, 3.05) is 25.5 Å². The summed E-state index contributed by atoms with van der Waals surface area (Å²) in [4.78, 5) is 24.1. The molecule has 1 atom stereocenters. The smallest absolute Gasteiger partial charge is 0.253 e. The standard InChI is InChI=1S/C29H30N4O2/c1-35-28-12-11-24(17-27(28)32-19-22-6-3-13-30-18-22)29(34)33-15-5-7-21(20-33)16-23-8-2-10-26-25(23)9-4-14-31-26/h2-4,6,8-14,17-18,21,32H,5,7,15-16,19-20H2,1H3/t21-/m0/s1. The van der Waals surface area contributed by atoms with Gasteiger partial charge in [-0.3, -0.25) is 14.8 Å². The van der Waals surface area contributed by atoms with Crippen LogP contribution in [0.2, 0.25) is 0 Å². The maximum atomic E-state index is 13.5. The molecule has 0 unspecified atom stereocenters. The highest BCUT2D eigenvalue weighted by Gasteiger charge is 2.25. The average molecular weight is 467 g/mol. The molecule has 0 radical (unpaired) electrons. The van der Waals surface area contributed by atoms with Gasteiger partial charge in [0.15, 0.2) is 0 Å². The Morgan fingerprint density at radius 3 is 2.89 bits per heavy atom. The van der Waals surface area contributed by atoms with Gasteiger partial charge in [0.05, 0.1) is 18.3 Å². The van der Waals surface area contributed by atoms with E-state index < -0.39 is 0 Å². The number of hydrogen-bond acceptors (Lipinski definition) is 5. The van der Waals surface area contributed by atoms with Crippen molar-refractivity contribution in [3.8, 4) is 5.75 Å². The second-order valence-electron chi connectivity index (χ2n) is 9.08. The zero-order valence-electron chi connectivity index (χ0n) is 20.0. The molecular weight excluding hydrogens is 436 g/mol. The third kappa shape index (κ3) is 5.27. The van der Waals surface area contributed by atoms with E-state index in [1.165, 1.54) is 10.9 Å². The predicted octanol–water partition coefficient (Wildman–Crippen LogP) is 5.35. The van der Waals surface area contributed by atoms with E-state index in [4.69, 9.17) is 4.74 Å². The van der Waals surface area contributed by atoms with E-state index in [2.05, 4.69) is 39.6 Å². The Bertz CT molecular complexity index is 1300. The van der Waals surface area contributed by atoms with Gasteiger partial charge in [0.2, 0.25) is 0 Å². The minimum Gasteiger partial charge on any atom is -0.495 e. The number of carbonyl (C=O) groups excluding carboxylic acids is 1. The number of fused-ring (bicyclic) bond motifs is 1. The van der Waals surface area contributed by atoms with Crippen molar-refractivity contribution in [2.45, 2.75) is 25.8 Å². The van der Waals surface area contributed by atoms with Gasteiger partial charge in [-0.25, -0.2) is 0 Å². The van der Waals surface area contributed by atoms with Gasteiger partial charge in [-0.15, -0.1) is 0 Å². The molecule has 4 aromatic rings. The molecule has 2 aromatic heterocycles. The van der Waals surface area contributed by atoms with E-state index in [-0.39, 0.29) is 5.91 Å². The van der Waals surface area contributed by atoms with Crippen molar-refractivity contribution in [1.82, 2.24) is 14.9 Å². The molecule has 5 rings (SSSR count). The quantitative estimate of drug-likeness (QED) is 0.398. The van der Waals surface area contributed by atoms with Gasteiger partial charge >= 0.3 is 0 Å². The molecular formula is C29H30N4O2. The number of likely N-dealkylation sites (tertiary alicyclic amines) is 1. The maximum Gasteiger partial charge on any atom is 0.253 e. The number of ether oxygens (including phenoxy) is 1. The van der Waals surface area contributed by atoms with Crippen molar-refractivity contribution in [3.05, 3.63) is 95.9 Å². The Hall–Kier alpha value is -3.93. The van der Waals surface area contributed by atoms with E-state index in [9.17, 15) is 4.79 Å². The van der Waals surface area contributed by atoms with Gasteiger partial charge in [0.1, 0.15) is 5.75 Å². The van der Waals surface area contributed by atoms with Crippen molar-refractivity contribution in [3.63, 3.8) is 0 Å². The molecule has 2 aromatic carbocycles. The van der Waals surface area contributed by atoms with Gasteiger partial charge < -0.3 is 15.0 Å². The third-order valence-corrected chi connectivity index (χ3v) is 6.70. The molecule has 178 valence electrons. The summed E-state index contributed by atoms with van der Waals surface area (Å²) >= 11 is 0. The van der Waals surface area contributed by atoms with Crippen LogP contribution < -0.4 is 10.1 Å². The fraction of sp³-hybridized carbons (Fsp3) is 0.276. The molecule has 0 saturated carbocycles. The topological polar surface area (TPSA) is 67.3 Å². The van der Waals surface area contributed by atoms with Crippen LogP contribution >= 0.6 is 0 Å². The molecule has 1 aliphatic rings. The van der Waals surface area contributed by atoms with Crippen LogP contribution in [0, 0.1) is 5.92 Å². The van der Waals surface area contributed by atoms with Crippen LogP contribution in [0.4, 0.5) is 5.69 Å². The van der Waals surface area contributed by atoms with E-state index in [0.29, 0.717) is 23.8 Å². The summed E-state index contributed by atoms with van der Waals surface area (Å²) in [5.41, 5.74) is 4.88. The number of nitrogens with one attached hydrogen (secondary N) is 1. The molecule has 0 aliphatic carbocycles. The van der Waals surface area contributed by atoms with Gasteiger partial charge in [-0.1, -0.05) is 24.3 Å². The van der Waals surface area contributed by atoms with Crippen LogP contribution in [0.1, 0.15) is 34.3 Å². The number of benzene rings is 2. The summed E-state index contributed by atoms with van der Waals surface area (Å²) < 4.78 is 5.52. The number of hydrogen-bond donors (Lipinski definition) is 1. The summed E-state index contributed by atoms with van der Waals surface area (Å²) in [5, 5.41) is 4.60. The Morgan fingerprint density at radius 1 is 1.11 bits per heavy atom. The highest BCUT2D eigenvalue weighted by Crippen LogP contribution is 2.29. The SMILES string of the molecule is COc1ccc(C(=O)N2CCC[C@@H](Cc3cccc4ncccc34)C2)cc1NCc1cccnc1. The number of piperidine rings is 1. The lowest BCUT2D eigenvalue weighted by atomic mass is 9.89. The number of aromatic nitrogens is 2. The average Bonchev–Trinajstić information content (AvgIpc) is 2.92.